The van der Waals surface area contributed by atoms with E-state index < -0.39 is 23.8 Å². The van der Waals surface area contributed by atoms with Crippen LogP contribution in [0.4, 0.5) is 13.2 Å². The fourth-order valence-corrected chi connectivity index (χ4v) is 1.85. The van der Waals surface area contributed by atoms with E-state index in [0.29, 0.717) is 0 Å². The van der Waals surface area contributed by atoms with Gasteiger partial charge in [0.05, 0.1) is 4.47 Å². The lowest BCUT2D eigenvalue weighted by Crippen LogP contribution is -2.32. The Kier molecular flexibility index (Phi) is 3.74. The fraction of sp³-hybridized carbons (Fsp3) is 0.182. The summed E-state index contributed by atoms with van der Waals surface area (Å²) >= 11 is 2.99. The van der Waals surface area contributed by atoms with Gasteiger partial charge in [0.1, 0.15) is 11.6 Å². The fourth-order valence-electron chi connectivity index (χ4n) is 1.60. The van der Waals surface area contributed by atoms with Crippen LogP contribution in [0.15, 0.2) is 28.9 Å². The first-order valence-electron chi connectivity index (χ1n) is 5.33. The Balaban J connectivity index is 2.66. The number of halogens is 4. The number of phenols is 1. The molecule has 2 aromatic rings. The number of nitrogens with zero attached hydrogens (tertiary/aromatic N) is 2. The molecular formula is C11H8BrF3N2O4. The second-order valence-electron chi connectivity index (χ2n) is 4.08. The molecule has 1 aromatic carbocycles. The number of aliphatic hydroxyl groups is 3. The number of phenolic OH excluding ortho intramolecular Hbond substituents is 1. The van der Waals surface area contributed by atoms with Gasteiger partial charge in [-0.25, -0.2) is 4.98 Å². The molecule has 6 nitrogen and oxygen atoms in total. The summed E-state index contributed by atoms with van der Waals surface area (Å²) in [5.41, 5.74) is -1.49. The number of rotatable bonds is 2. The number of hydrogen-bond acceptors (Lipinski definition) is 5. The minimum atomic E-state index is -4.84. The summed E-state index contributed by atoms with van der Waals surface area (Å²) < 4.78 is 38.4. The highest BCUT2D eigenvalue weighted by Gasteiger charge is 2.38. The molecule has 0 atom stereocenters. The van der Waals surface area contributed by atoms with Crippen molar-refractivity contribution in [3.8, 4) is 17.1 Å². The summed E-state index contributed by atoms with van der Waals surface area (Å²) in [6, 6.07) is 3.65. The smallest absolute Gasteiger partial charge is 0.434 e. The van der Waals surface area contributed by atoms with Crippen LogP contribution in [0, 0.1) is 0 Å². The number of aromatic hydroxyl groups is 1. The van der Waals surface area contributed by atoms with E-state index in [1.165, 1.54) is 12.1 Å². The molecule has 1 heterocycles. The van der Waals surface area contributed by atoms with Gasteiger partial charge in [0.25, 0.3) is 0 Å². The molecular weight excluding hydrogens is 361 g/mol. The summed E-state index contributed by atoms with van der Waals surface area (Å²) in [6.07, 6.45) is -8.17. The van der Waals surface area contributed by atoms with Gasteiger partial charge in [-0.05, 0) is 34.1 Å². The summed E-state index contributed by atoms with van der Waals surface area (Å²) in [4.78, 5) is 3.22. The molecule has 10 heteroatoms. The number of alkyl halides is 3. The van der Waals surface area contributed by atoms with E-state index in [9.17, 15) is 18.3 Å². The quantitative estimate of drug-likeness (QED) is 0.603. The van der Waals surface area contributed by atoms with Crippen LogP contribution in [0.2, 0.25) is 0 Å². The summed E-state index contributed by atoms with van der Waals surface area (Å²) in [6.45, 7) is 0. The second-order valence-corrected chi connectivity index (χ2v) is 4.94. The highest BCUT2D eigenvalue weighted by Crippen LogP contribution is 2.34. The van der Waals surface area contributed by atoms with E-state index in [4.69, 9.17) is 15.3 Å². The van der Waals surface area contributed by atoms with Crippen LogP contribution in [0.25, 0.3) is 11.4 Å². The standard InChI is InChI=1S/C11H8BrF3N2O4/c12-6-2-1-5(3-7(6)18)9-16-8(10(13,14)15)4-17(9)11(19,20)21/h1-4,18-21H. The van der Waals surface area contributed by atoms with Crippen molar-refractivity contribution < 1.29 is 33.6 Å². The average molecular weight is 369 g/mol. The maximum absolute atomic E-state index is 12.7. The van der Waals surface area contributed by atoms with E-state index in [-0.39, 0.29) is 26.5 Å². The first-order valence-corrected chi connectivity index (χ1v) is 6.12. The maximum atomic E-state index is 12.7. The molecule has 0 unspecified atom stereocenters. The topological polar surface area (TPSA) is 98.7 Å². The Morgan fingerprint density at radius 3 is 2.24 bits per heavy atom. The highest BCUT2D eigenvalue weighted by atomic mass is 79.9. The summed E-state index contributed by atoms with van der Waals surface area (Å²) in [7, 11) is 0. The number of imidazole rings is 1. The Hall–Kier alpha value is -1.62. The minimum absolute atomic E-state index is 0.0623. The van der Waals surface area contributed by atoms with Gasteiger partial charge >= 0.3 is 12.3 Å². The van der Waals surface area contributed by atoms with Crippen molar-refractivity contribution in [3.05, 3.63) is 34.6 Å². The van der Waals surface area contributed by atoms with Crippen LogP contribution >= 0.6 is 15.9 Å². The Bertz CT molecular complexity index is 679. The zero-order chi connectivity index (χ0) is 16.0. The first kappa shape index (κ1) is 15.8. The molecule has 1 aromatic heterocycles. The molecule has 0 aliphatic carbocycles. The van der Waals surface area contributed by atoms with Gasteiger partial charge in [-0.2, -0.15) is 13.2 Å². The Morgan fingerprint density at radius 1 is 1.14 bits per heavy atom. The molecule has 0 radical (unpaired) electrons. The van der Waals surface area contributed by atoms with Crippen molar-refractivity contribution in [1.29, 1.82) is 0 Å². The molecule has 0 amide bonds. The minimum Gasteiger partial charge on any atom is -0.507 e. The molecule has 21 heavy (non-hydrogen) atoms. The number of aromatic nitrogens is 2. The average Bonchev–Trinajstić information content (AvgIpc) is 2.77. The molecule has 0 spiro atoms. The summed E-state index contributed by atoms with van der Waals surface area (Å²) in [5, 5.41) is 36.9. The van der Waals surface area contributed by atoms with Gasteiger partial charge < -0.3 is 20.4 Å². The predicted molar refractivity (Wildman–Crippen MR) is 66.7 cm³/mol. The third-order valence-electron chi connectivity index (χ3n) is 2.52. The largest absolute Gasteiger partial charge is 0.507 e. The van der Waals surface area contributed by atoms with Crippen molar-refractivity contribution in [2.24, 2.45) is 0 Å². The molecule has 0 fully saturated rings. The zero-order valence-electron chi connectivity index (χ0n) is 10.0. The van der Waals surface area contributed by atoms with Gasteiger partial charge in [-0.1, -0.05) is 0 Å². The van der Waals surface area contributed by atoms with Crippen molar-refractivity contribution in [2.75, 3.05) is 0 Å². The highest BCUT2D eigenvalue weighted by molar-refractivity contribution is 9.10. The van der Waals surface area contributed by atoms with E-state index >= 15 is 0 Å². The van der Waals surface area contributed by atoms with E-state index in [1.54, 1.807) is 0 Å². The normalized spacial score (nSPS) is 12.7. The van der Waals surface area contributed by atoms with Gasteiger partial charge in [-0.3, -0.25) is 4.57 Å². The monoisotopic (exact) mass is 368 g/mol. The molecule has 0 bridgehead atoms. The van der Waals surface area contributed by atoms with Crippen LogP contribution < -0.4 is 0 Å². The van der Waals surface area contributed by atoms with Crippen LogP contribution in [0.1, 0.15) is 5.69 Å². The third-order valence-corrected chi connectivity index (χ3v) is 3.19. The lowest BCUT2D eigenvalue weighted by molar-refractivity contribution is -0.374. The lowest BCUT2D eigenvalue weighted by atomic mass is 10.2. The number of benzene rings is 1. The van der Waals surface area contributed by atoms with Crippen LogP contribution in [-0.4, -0.2) is 30.0 Å². The second kappa shape index (κ2) is 4.98. The number of hydrogen-bond donors (Lipinski definition) is 4. The Labute approximate surface area is 123 Å². The molecule has 0 aliphatic heterocycles. The van der Waals surface area contributed by atoms with Crippen LogP contribution in [0.5, 0.6) is 5.75 Å². The van der Waals surface area contributed by atoms with E-state index in [2.05, 4.69) is 20.9 Å². The van der Waals surface area contributed by atoms with Gasteiger partial charge in [0.2, 0.25) is 0 Å². The SMILES string of the molecule is Oc1cc(-c2nc(C(F)(F)F)cn2C(O)(O)O)ccc1Br. The van der Waals surface area contributed by atoms with Crippen molar-refractivity contribution in [3.63, 3.8) is 0 Å². The van der Waals surface area contributed by atoms with E-state index in [0.717, 1.165) is 6.07 Å². The van der Waals surface area contributed by atoms with Crippen molar-refractivity contribution in [1.82, 2.24) is 9.55 Å². The predicted octanol–water partition coefficient (Wildman–Crippen LogP) is 1.58. The van der Waals surface area contributed by atoms with E-state index in [1.807, 2.05) is 0 Å². The maximum Gasteiger partial charge on any atom is 0.434 e. The van der Waals surface area contributed by atoms with Gasteiger partial charge in [0.15, 0.2) is 5.69 Å². The molecule has 114 valence electrons. The molecule has 4 N–H and O–H groups in total. The molecule has 2 rings (SSSR count). The summed E-state index contributed by atoms with van der Waals surface area (Å²) in [5.74, 6) is -0.882. The molecule has 0 aliphatic rings. The zero-order valence-corrected chi connectivity index (χ0v) is 11.6. The third kappa shape index (κ3) is 3.18. The van der Waals surface area contributed by atoms with Crippen LogP contribution in [-0.2, 0) is 12.3 Å². The van der Waals surface area contributed by atoms with Gasteiger partial charge in [0, 0.05) is 11.8 Å². The molecule has 0 saturated carbocycles. The van der Waals surface area contributed by atoms with Crippen LogP contribution in [0.3, 0.4) is 0 Å². The van der Waals surface area contributed by atoms with Gasteiger partial charge in [-0.15, -0.1) is 0 Å². The van der Waals surface area contributed by atoms with Crippen molar-refractivity contribution in [2.45, 2.75) is 12.3 Å². The Morgan fingerprint density at radius 2 is 1.76 bits per heavy atom. The van der Waals surface area contributed by atoms with Crippen molar-refractivity contribution >= 4 is 15.9 Å². The molecule has 0 saturated heterocycles. The lowest BCUT2D eigenvalue weighted by Gasteiger charge is -2.17. The first-order chi connectivity index (χ1) is 9.50.